The number of ether oxygens (including phenoxy) is 1. The maximum atomic E-state index is 12.4. The molecule has 2 aromatic carbocycles. The topological polar surface area (TPSA) is 106 Å². The number of fused-ring (bicyclic) bond motifs is 1. The Morgan fingerprint density at radius 1 is 1.16 bits per heavy atom. The van der Waals surface area contributed by atoms with Gasteiger partial charge in [-0.05, 0) is 56.9 Å². The number of nitrogens with one attached hydrogen (secondary N) is 2. The number of aromatic nitrogens is 1. The quantitative estimate of drug-likeness (QED) is 0.573. The number of likely N-dealkylation sites (N-methyl/N-ethyl adjacent to an activating group) is 1. The normalized spacial score (nSPS) is 11.0. The van der Waals surface area contributed by atoms with Gasteiger partial charge in [-0.2, -0.15) is 0 Å². The molecule has 3 rings (SSSR count). The molecule has 9 nitrogen and oxygen atoms in total. The second-order valence-electron chi connectivity index (χ2n) is 7.24. The molecule has 0 spiro atoms. The van der Waals surface area contributed by atoms with E-state index >= 15 is 0 Å². The zero-order valence-electron chi connectivity index (χ0n) is 17.8. The Kier molecular flexibility index (Phi) is 7.09. The van der Waals surface area contributed by atoms with E-state index in [1.807, 2.05) is 25.1 Å². The first-order valence-corrected chi connectivity index (χ1v) is 9.96. The van der Waals surface area contributed by atoms with Gasteiger partial charge < -0.3 is 19.4 Å². The van der Waals surface area contributed by atoms with Crippen molar-refractivity contribution in [1.82, 2.24) is 14.8 Å². The molecule has 0 radical (unpaired) electrons. The lowest BCUT2D eigenvalue weighted by Crippen LogP contribution is -2.31. The molecule has 2 amide bonds. The molecule has 31 heavy (non-hydrogen) atoms. The van der Waals surface area contributed by atoms with E-state index in [2.05, 4.69) is 10.6 Å². The van der Waals surface area contributed by atoms with Crippen LogP contribution in [-0.4, -0.2) is 55.3 Å². The van der Waals surface area contributed by atoms with Crippen LogP contribution >= 0.6 is 0 Å². The van der Waals surface area contributed by atoms with Crippen LogP contribution in [0.1, 0.15) is 22.8 Å². The Morgan fingerprint density at radius 2 is 1.97 bits per heavy atom. The molecule has 0 aliphatic rings. The van der Waals surface area contributed by atoms with E-state index in [9.17, 15) is 14.4 Å². The lowest BCUT2D eigenvalue weighted by Gasteiger charge is -2.10. The van der Waals surface area contributed by atoms with Crippen LogP contribution in [0, 0.1) is 0 Å². The molecular formula is C22H26N4O5. The van der Waals surface area contributed by atoms with Gasteiger partial charge in [-0.3, -0.25) is 14.7 Å². The van der Waals surface area contributed by atoms with E-state index in [4.69, 9.17) is 9.15 Å². The van der Waals surface area contributed by atoms with Crippen molar-refractivity contribution in [2.75, 3.05) is 39.1 Å². The number of oxazole rings is 1. The van der Waals surface area contributed by atoms with Crippen LogP contribution in [0.2, 0.25) is 0 Å². The van der Waals surface area contributed by atoms with E-state index < -0.39 is 11.8 Å². The second-order valence-corrected chi connectivity index (χ2v) is 7.24. The summed E-state index contributed by atoms with van der Waals surface area (Å²) in [5.74, 6) is -0.749. The summed E-state index contributed by atoms with van der Waals surface area (Å²) in [6, 6.07) is 12.0. The number of amides is 2. The number of carbonyl (C=O) groups is 2. The van der Waals surface area contributed by atoms with E-state index in [1.54, 1.807) is 43.3 Å². The lowest BCUT2D eigenvalue weighted by atomic mass is 10.1. The highest BCUT2D eigenvalue weighted by Gasteiger charge is 2.14. The molecule has 0 bridgehead atoms. The molecule has 164 valence electrons. The second kappa shape index (κ2) is 9.94. The van der Waals surface area contributed by atoms with Gasteiger partial charge in [0.1, 0.15) is 0 Å². The molecule has 3 aromatic rings. The highest BCUT2D eigenvalue weighted by molar-refractivity contribution is 5.97. The predicted molar refractivity (Wildman–Crippen MR) is 118 cm³/mol. The first kappa shape index (κ1) is 22.1. The largest absolute Gasteiger partial charge is 0.450 e. The van der Waals surface area contributed by atoms with E-state index in [0.29, 0.717) is 28.9 Å². The summed E-state index contributed by atoms with van der Waals surface area (Å²) in [4.78, 5) is 38.3. The molecule has 1 aromatic heterocycles. The van der Waals surface area contributed by atoms with Crippen molar-refractivity contribution in [3.8, 4) is 0 Å². The third-order valence-electron chi connectivity index (χ3n) is 4.56. The van der Waals surface area contributed by atoms with E-state index in [0.717, 1.165) is 12.1 Å². The van der Waals surface area contributed by atoms with Gasteiger partial charge in [-0.1, -0.05) is 12.1 Å². The maximum absolute atomic E-state index is 12.4. The fourth-order valence-electron chi connectivity index (χ4n) is 3.07. The van der Waals surface area contributed by atoms with Crippen molar-refractivity contribution < 1.29 is 18.7 Å². The third kappa shape index (κ3) is 5.73. The number of benzene rings is 2. The lowest BCUT2D eigenvalue weighted by molar-refractivity contribution is 0.0951. The van der Waals surface area contributed by atoms with Gasteiger partial charge in [0.25, 0.3) is 5.91 Å². The molecule has 2 N–H and O–H groups in total. The molecule has 0 aliphatic heterocycles. The molecule has 1 heterocycles. The highest BCUT2D eigenvalue weighted by atomic mass is 16.5. The summed E-state index contributed by atoms with van der Waals surface area (Å²) in [5.41, 5.74) is 2.70. The van der Waals surface area contributed by atoms with Crippen molar-refractivity contribution in [1.29, 1.82) is 0 Å². The predicted octanol–water partition coefficient (Wildman–Crippen LogP) is 2.50. The van der Waals surface area contributed by atoms with Crippen LogP contribution in [0.25, 0.3) is 11.1 Å². The Bertz CT molecular complexity index is 1130. The first-order valence-electron chi connectivity index (χ1n) is 9.96. The minimum atomic E-state index is -0.540. The number of nitrogens with zero attached hydrogens (tertiary/aromatic N) is 2. The van der Waals surface area contributed by atoms with Gasteiger partial charge in [0.05, 0.1) is 18.7 Å². The SMILES string of the molecule is CCOC(=O)Nc1cccc(Cn2c(=O)oc3cc(C(=O)NCCN(C)C)ccc32)c1. The summed E-state index contributed by atoms with van der Waals surface area (Å²) in [7, 11) is 3.86. The van der Waals surface area contributed by atoms with Gasteiger partial charge in [0.2, 0.25) is 0 Å². The highest BCUT2D eigenvalue weighted by Crippen LogP contribution is 2.18. The Morgan fingerprint density at radius 3 is 2.71 bits per heavy atom. The van der Waals surface area contributed by atoms with Crippen LogP contribution in [0.15, 0.2) is 51.7 Å². The minimum Gasteiger partial charge on any atom is -0.450 e. The standard InChI is InChI=1S/C22H26N4O5/c1-4-30-21(28)24-17-7-5-6-15(12-17)14-26-18-9-8-16(13-19(18)31-22(26)29)20(27)23-10-11-25(2)3/h5-9,12-13H,4,10-11,14H2,1-3H3,(H,23,27)(H,24,28). The zero-order valence-corrected chi connectivity index (χ0v) is 17.8. The monoisotopic (exact) mass is 426 g/mol. The average Bonchev–Trinajstić information content (AvgIpc) is 3.02. The molecule has 0 saturated carbocycles. The van der Waals surface area contributed by atoms with Crippen molar-refractivity contribution in [3.05, 3.63) is 64.1 Å². The Labute approximate surface area is 179 Å². The number of anilines is 1. The average molecular weight is 426 g/mol. The van der Waals surface area contributed by atoms with E-state index in [1.165, 1.54) is 4.57 Å². The van der Waals surface area contributed by atoms with Crippen molar-refractivity contribution in [3.63, 3.8) is 0 Å². The Hall–Kier alpha value is -3.59. The molecule has 0 saturated heterocycles. The Balaban J connectivity index is 1.78. The summed E-state index contributed by atoms with van der Waals surface area (Å²) in [5, 5.41) is 5.47. The van der Waals surface area contributed by atoms with Gasteiger partial charge >= 0.3 is 11.8 Å². The van der Waals surface area contributed by atoms with Gasteiger partial charge in [-0.15, -0.1) is 0 Å². The molecule has 0 aliphatic carbocycles. The van der Waals surface area contributed by atoms with Crippen LogP contribution in [0.3, 0.4) is 0 Å². The number of carbonyl (C=O) groups excluding carboxylic acids is 2. The molecule has 0 unspecified atom stereocenters. The van der Waals surface area contributed by atoms with Crippen molar-refractivity contribution >= 4 is 28.8 Å². The summed E-state index contributed by atoms with van der Waals surface area (Å²) in [6.07, 6.45) is -0.540. The number of hydrogen-bond acceptors (Lipinski definition) is 6. The van der Waals surface area contributed by atoms with Crippen LogP contribution in [0.5, 0.6) is 0 Å². The number of rotatable bonds is 8. The van der Waals surface area contributed by atoms with Crippen LogP contribution < -0.4 is 16.4 Å². The zero-order chi connectivity index (χ0) is 22.4. The maximum Gasteiger partial charge on any atom is 0.420 e. The van der Waals surface area contributed by atoms with Gasteiger partial charge in [-0.25, -0.2) is 9.59 Å². The fraction of sp³-hybridized carbons (Fsp3) is 0.318. The van der Waals surface area contributed by atoms with Crippen LogP contribution in [-0.2, 0) is 11.3 Å². The molecule has 9 heteroatoms. The fourth-order valence-corrected chi connectivity index (χ4v) is 3.07. The third-order valence-corrected chi connectivity index (χ3v) is 4.56. The number of hydrogen-bond donors (Lipinski definition) is 2. The molecule has 0 fully saturated rings. The molecule has 0 atom stereocenters. The smallest absolute Gasteiger partial charge is 0.420 e. The van der Waals surface area contributed by atoms with Crippen LogP contribution in [0.4, 0.5) is 10.5 Å². The van der Waals surface area contributed by atoms with E-state index in [-0.39, 0.29) is 19.1 Å². The summed E-state index contributed by atoms with van der Waals surface area (Å²) in [6.45, 7) is 3.50. The first-order chi connectivity index (χ1) is 14.9. The van der Waals surface area contributed by atoms with Gasteiger partial charge in [0, 0.05) is 24.3 Å². The minimum absolute atomic E-state index is 0.225. The molecular weight excluding hydrogens is 400 g/mol. The van der Waals surface area contributed by atoms with Crippen molar-refractivity contribution in [2.24, 2.45) is 0 Å². The summed E-state index contributed by atoms with van der Waals surface area (Å²) >= 11 is 0. The summed E-state index contributed by atoms with van der Waals surface area (Å²) < 4.78 is 11.7. The van der Waals surface area contributed by atoms with Crippen molar-refractivity contribution in [2.45, 2.75) is 13.5 Å². The van der Waals surface area contributed by atoms with Gasteiger partial charge in [0.15, 0.2) is 5.58 Å².